The molecule has 3 aromatic heterocycles. The molecule has 1 atom stereocenters. The molecular formula is C26H29FN6O2S. The van der Waals surface area contributed by atoms with Crippen molar-refractivity contribution in [3.63, 3.8) is 0 Å². The molecule has 1 fully saturated rings. The van der Waals surface area contributed by atoms with Crippen molar-refractivity contribution in [1.82, 2.24) is 24.4 Å². The van der Waals surface area contributed by atoms with Crippen LogP contribution >= 0.6 is 11.3 Å². The molecule has 8 nitrogen and oxygen atoms in total. The second-order valence-corrected chi connectivity index (χ2v) is 10.4. The van der Waals surface area contributed by atoms with Crippen LogP contribution in [-0.2, 0) is 4.79 Å². The Kier molecular flexibility index (Phi) is 6.40. The zero-order chi connectivity index (χ0) is 25.6. The fourth-order valence-electron chi connectivity index (χ4n) is 4.80. The van der Waals surface area contributed by atoms with Gasteiger partial charge in [-0.15, -0.1) is 11.3 Å². The van der Waals surface area contributed by atoms with Gasteiger partial charge in [0, 0.05) is 53.1 Å². The van der Waals surface area contributed by atoms with Crippen LogP contribution in [-0.4, -0.2) is 71.1 Å². The number of benzene rings is 1. The normalized spacial score (nSPS) is 16.3. The van der Waals surface area contributed by atoms with Crippen molar-refractivity contribution in [3.8, 4) is 16.2 Å². The van der Waals surface area contributed by atoms with Gasteiger partial charge in [0.25, 0.3) is 0 Å². The maximum atomic E-state index is 15.0. The van der Waals surface area contributed by atoms with E-state index in [1.54, 1.807) is 26.2 Å². The Morgan fingerprint density at radius 1 is 1.36 bits per heavy atom. The minimum atomic E-state index is -0.256. The fraction of sp³-hybridized carbons (Fsp3) is 0.346. The number of carbonyl (C=O) groups excluding carboxylic acids is 1. The summed E-state index contributed by atoms with van der Waals surface area (Å²) in [5, 5.41) is 5.02. The lowest BCUT2D eigenvalue weighted by atomic mass is 10.0. The zero-order valence-corrected chi connectivity index (χ0v) is 21.6. The SMILES string of the molecule is COc1cc(C)c(F)c2cc(-c3cc([C@H]4CCN(C(=O)/C=C/CN(C)C)C4)n4ncnc(N)c34)sc12. The van der Waals surface area contributed by atoms with Gasteiger partial charge in [-0.1, -0.05) is 6.08 Å². The molecule has 4 aromatic rings. The zero-order valence-electron chi connectivity index (χ0n) is 20.8. The minimum Gasteiger partial charge on any atom is -0.495 e. The Labute approximate surface area is 212 Å². The molecule has 1 amide bonds. The number of anilines is 1. The number of hydrogen-bond donors (Lipinski definition) is 1. The molecule has 0 spiro atoms. The molecule has 4 heterocycles. The van der Waals surface area contributed by atoms with E-state index in [1.165, 1.54) is 17.7 Å². The average Bonchev–Trinajstić information content (AvgIpc) is 3.58. The summed E-state index contributed by atoms with van der Waals surface area (Å²) in [7, 11) is 5.52. The van der Waals surface area contributed by atoms with Crippen LogP contribution in [0.2, 0.25) is 0 Å². The molecule has 0 bridgehead atoms. The minimum absolute atomic E-state index is 0.0111. The summed E-state index contributed by atoms with van der Waals surface area (Å²) < 4.78 is 23.1. The summed E-state index contributed by atoms with van der Waals surface area (Å²) in [6, 6.07) is 5.62. The molecule has 0 aliphatic carbocycles. The third-order valence-electron chi connectivity index (χ3n) is 6.63. The smallest absolute Gasteiger partial charge is 0.246 e. The number of methoxy groups -OCH3 is 1. The van der Waals surface area contributed by atoms with Gasteiger partial charge < -0.3 is 20.3 Å². The van der Waals surface area contributed by atoms with Crippen molar-refractivity contribution in [3.05, 3.63) is 53.8 Å². The highest BCUT2D eigenvalue weighted by Gasteiger charge is 2.30. The number of aryl methyl sites for hydroxylation is 1. The average molecular weight is 509 g/mol. The summed E-state index contributed by atoms with van der Waals surface area (Å²) in [5.41, 5.74) is 9.35. The van der Waals surface area contributed by atoms with Crippen LogP contribution in [0.4, 0.5) is 10.2 Å². The van der Waals surface area contributed by atoms with Crippen LogP contribution in [0, 0.1) is 12.7 Å². The van der Waals surface area contributed by atoms with Gasteiger partial charge in [0.15, 0.2) is 5.82 Å². The number of carbonyl (C=O) groups is 1. The fourth-order valence-corrected chi connectivity index (χ4v) is 5.97. The number of amides is 1. The van der Waals surface area contributed by atoms with Gasteiger partial charge in [-0.25, -0.2) is 13.9 Å². The number of fused-ring (bicyclic) bond motifs is 2. The number of rotatable bonds is 6. The van der Waals surface area contributed by atoms with E-state index in [2.05, 4.69) is 16.1 Å². The highest BCUT2D eigenvalue weighted by atomic mass is 32.1. The van der Waals surface area contributed by atoms with Gasteiger partial charge >= 0.3 is 0 Å². The Morgan fingerprint density at radius 3 is 2.92 bits per heavy atom. The number of nitrogens with two attached hydrogens (primary N) is 1. The van der Waals surface area contributed by atoms with Crippen molar-refractivity contribution >= 4 is 38.7 Å². The Bertz CT molecular complexity index is 1490. The van der Waals surface area contributed by atoms with Gasteiger partial charge in [-0.05, 0) is 51.2 Å². The van der Waals surface area contributed by atoms with Crippen LogP contribution in [0.25, 0.3) is 26.0 Å². The number of thiophene rings is 1. The summed E-state index contributed by atoms with van der Waals surface area (Å²) in [4.78, 5) is 21.6. The van der Waals surface area contributed by atoms with E-state index < -0.39 is 0 Å². The number of ether oxygens (including phenoxy) is 1. The van der Waals surface area contributed by atoms with Gasteiger partial charge in [-0.3, -0.25) is 4.79 Å². The van der Waals surface area contributed by atoms with E-state index in [-0.39, 0.29) is 17.6 Å². The second-order valence-electron chi connectivity index (χ2n) is 9.39. The lowest BCUT2D eigenvalue weighted by molar-refractivity contribution is -0.125. The first kappa shape index (κ1) is 24.2. The summed E-state index contributed by atoms with van der Waals surface area (Å²) in [5.74, 6) is 0.838. The standard InChI is InChI=1S/C26H29FN6O2S/c1-15-10-20(35-4)25-18(23(15)27)12-21(36-25)17-11-19(33-24(17)26(28)29-14-30-33)16-7-9-32(13-16)22(34)6-5-8-31(2)3/h5-6,10-12,14,16H,7-9,13H2,1-4H3,(H2,28,29,30)/b6-5+/t16-/m0/s1. The quantitative estimate of drug-likeness (QED) is 0.395. The van der Waals surface area contributed by atoms with Gasteiger partial charge in [0.1, 0.15) is 23.4 Å². The number of likely N-dealkylation sites (N-methyl/N-ethyl adjacent to an activating group) is 1. The van der Waals surface area contributed by atoms with E-state index in [9.17, 15) is 9.18 Å². The molecule has 10 heteroatoms. The topological polar surface area (TPSA) is 89.0 Å². The summed E-state index contributed by atoms with van der Waals surface area (Å²) >= 11 is 1.45. The van der Waals surface area contributed by atoms with Gasteiger partial charge in [-0.2, -0.15) is 5.10 Å². The molecule has 0 saturated carbocycles. The highest BCUT2D eigenvalue weighted by Crippen LogP contribution is 2.44. The Hall–Kier alpha value is -3.50. The van der Waals surface area contributed by atoms with Crippen molar-refractivity contribution in [2.24, 2.45) is 0 Å². The number of nitrogens with zero attached hydrogens (tertiary/aromatic N) is 5. The molecule has 0 radical (unpaired) electrons. The maximum Gasteiger partial charge on any atom is 0.246 e. The molecule has 1 aliphatic rings. The number of halogens is 1. The van der Waals surface area contributed by atoms with Crippen LogP contribution < -0.4 is 10.5 Å². The Balaban J connectivity index is 1.54. The number of aromatic nitrogens is 3. The first-order valence-electron chi connectivity index (χ1n) is 11.8. The van der Waals surface area contributed by atoms with Crippen LogP contribution in [0.1, 0.15) is 23.6 Å². The molecule has 5 rings (SSSR count). The predicted molar refractivity (Wildman–Crippen MR) is 141 cm³/mol. The summed E-state index contributed by atoms with van der Waals surface area (Å²) in [6.45, 7) is 3.71. The predicted octanol–water partition coefficient (Wildman–Crippen LogP) is 4.08. The number of likely N-dealkylation sites (tertiary alicyclic amines) is 1. The number of nitrogen functional groups attached to an aromatic ring is 1. The van der Waals surface area contributed by atoms with Crippen molar-refractivity contribution < 1.29 is 13.9 Å². The van der Waals surface area contributed by atoms with Gasteiger partial charge in [0.2, 0.25) is 5.91 Å². The van der Waals surface area contributed by atoms with Crippen molar-refractivity contribution in [1.29, 1.82) is 0 Å². The van der Waals surface area contributed by atoms with Gasteiger partial charge in [0.05, 0.1) is 11.8 Å². The molecule has 1 saturated heterocycles. The third kappa shape index (κ3) is 4.20. The second kappa shape index (κ2) is 9.51. The first-order chi connectivity index (χ1) is 17.3. The highest BCUT2D eigenvalue weighted by molar-refractivity contribution is 7.22. The van der Waals surface area contributed by atoms with E-state index in [0.29, 0.717) is 47.7 Å². The van der Waals surface area contributed by atoms with E-state index in [1.807, 2.05) is 40.6 Å². The van der Waals surface area contributed by atoms with E-state index in [4.69, 9.17) is 10.5 Å². The molecule has 36 heavy (non-hydrogen) atoms. The third-order valence-corrected chi connectivity index (χ3v) is 7.81. The first-order valence-corrected chi connectivity index (χ1v) is 12.6. The van der Waals surface area contributed by atoms with Crippen LogP contribution in [0.3, 0.4) is 0 Å². The van der Waals surface area contributed by atoms with E-state index >= 15 is 0 Å². The van der Waals surface area contributed by atoms with Crippen molar-refractivity contribution in [2.45, 2.75) is 19.3 Å². The lowest BCUT2D eigenvalue weighted by Crippen LogP contribution is -2.27. The molecule has 1 aliphatic heterocycles. The molecular weight excluding hydrogens is 479 g/mol. The molecule has 1 aromatic carbocycles. The van der Waals surface area contributed by atoms with Crippen LogP contribution in [0.15, 0.2) is 36.7 Å². The molecule has 188 valence electrons. The monoisotopic (exact) mass is 508 g/mol. The Morgan fingerprint density at radius 2 is 2.17 bits per heavy atom. The molecule has 2 N–H and O–H groups in total. The van der Waals surface area contributed by atoms with Crippen molar-refractivity contribution in [2.75, 3.05) is 46.6 Å². The number of hydrogen-bond acceptors (Lipinski definition) is 7. The molecule has 0 unspecified atom stereocenters. The summed E-state index contributed by atoms with van der Waals surface area (Å²) in [6.07, 6.45) is 5.78. The van der Waals surface area contributed by atoms with E-state index in [0.717, 1.165) is 27.3 Å². The van der Waals surface area contributed by atoms with Crippen LogP contribution in [0.5, 0.6) is 5.75 Å². The maximum absolute atomic E-state index is 15.0. The lowest BCUT2D eigenvalue weighted by Gasteiger charge is -2.14. The largest absolute Gasteiger partial charge is 0.495 e.